The van der Waals surface area contributed by atoms with E-state index in [0.29, 0.717) is 5.69 Å². The Labute approximate surface area is 90.4 Å². The average Bonchev–Trinajstić information content (AvgIpc) is 2.67. The minimum absolute atomic E-state index is 0.0735. The Balaban J connectivity index is 2.49. The van der Waals surface area contributed by atoms with Crippen LogP contribution in [0, 0.1) is 5.82 Å². The second kappa shape index (κ2) is 3.90. The molecule has 0 aliphatic rings. The Morgan fingerprint density at radius 1 is 1.33 bits per heavy atom. The number of carbonyl (C=O) groups excluding carboxylic acids is 1. The summed E-state index contributed by atoms with van der Waals surface area (Å²) in [5.41, 5.74) is 2.89. The molecule has 0 aliphatic heterocycles. The minimum atomic E-state index is -0.285. The first kappa shape index (κ1) is 9.98. The molecule has 0 N–H and O–H groups in total. The number of rotatable bonds is 2. The first-order chi connectivity index (χ1) is 7.18. The topological polar surface area (TPSA) is 30.0 Å². The summed E-state index contributed by atoms with van der Waals surface area (Å²) in [6.07, 6.45) is 0. The van der Waals surface area contributed by atoms with Crippen molar-refractivity contribution in [2.24, 2.45) is 0 Å². The normalized spacial score (nSPS) is 10.3. The van der Waals surface area contributed by atoms with Gasteiger partial charge in [-0.1, -0.05) is 12.1 Å². The van der Waals surface area contributed by atoms with Crippen molar-refractivity contribution in [3.8, 4) is 10.4 Å². The number of Topliss-reactive ketones (excluding diaryl/α,β-unsaturated/α-hetero) is 1. The number of hydrogen-bond donors (Lipinski definition) is 0. The molecule has 0 saturated carbocycles. The molecule has 0 radical (unpaired) electrons. The van der Waals surface area contributed by atoms with E-state index in [1.165, 1.54) is 30.4 Å². The lowest BCUT2D eigenvalue weighted by molar-refractivity contribution is 0.101. The van der Waals surface area contributed by atoms with Crippen LogP contribution in [0.15, 0.2) is 29.8 Å². The van der Waals surface area contributed by atoms with Crippen LogP contribution in [0.4, 0.5) is 4.39 Å². The van der Waals surface area contributed by atoms with E-state index >= 15 is 0 Å². The van der Waals surface area contributed by atoms with E-state index in [-0.39, 0.29) is 11.6 Å². The average molecular weight is 221 g/mol. The minimum Gasteiger partial charge on any atom is -0.293 e. The van der Waals surface area contributed by atoms with E-state index in [2.05, 4.69) is 4.98 Å². The summed E-state index contributed by atoms with van der Waals surface area (Å²) in [5, 5.41) is 0. The van der Waals surface area contributed by atoms with Crippen molar-refractivity contribution in [2.45, 2.75) is 6.92 Å². The lowest BCUT2D eigenvalue weighted by Gasteiger charge is -1.98. The fourth-order valence-electron chi connectivity index (χ4n) is 1.30. The molecule has 0 spiro atoms. The van der Waals surface area contributed by atoms with Gasteiger partial charge in [-0.25, -0.2) is 9.37 Å². The molecule has 0 amide bonds. The van der Waals surface area contributed by atoms with Crippen molar-refractivity contribution in [3.05, 3.63) is 41.3 Å². The summed E-state index contributed by atoms with van der Waals surface area (Å²) >= 11 is 1.38. The van der Waals surface area contributed by atoms with Gasteiger partial charge in [0.25, 0.3) is 0 Å². The third-order valence-electron chi connectivity index (χ3n) is 2.01. The van der Waals surface area contributed by atoms with Crippen LogP contribution in [-0.2, 0) is 0 Å². The molecule has 0 aliphatic carbocycles. The van der Waals surface area contributed by atoms with Gasteiger partial charge in [0.05, 0.1) is 10.4 Å². The fraction of sp³-hybridized carbons (Fsp3) is 0.0909. The second-order valence-corrected chi connectivity index (χ2v) is 3.95. The van der Waals surface area contributed by atoms with Crippen molar-refractivity contribution >= 4 is 17.1 Å². The van der Waals surface area contributed by atoms with E-state index < -0.39 is 0 Å². The molecule has 2 rings (SSSR count). The maximum absolute atomic E-state index is 12.7. The number of aromatic nitrogens is 1. The fourth-order valence-corrected chi connectivity index (χ4v) is 2.15. The molecule has 2 aromatic rings. The summed E-state index contributed by atoms with van der Waals surface area (Å²) < 4.78 is 12.7. The second-order valence-electron chi connectivity index (χ2n) is 3.09. The summed E-state index contributed by atoms with van der Waals surface area (Å²) in [6.45, 7) is 1.47. The van der Waals surface area contributed by atoms with Crippen molar-refractivity contribution in [1.82, 2.24) is 4.98 Å². The number of hydrogen-bond acceptors (Lipinski definition) is 3. The smallest absolute Gasteiger partial charge is 0.179 e. The predicted octanol–water partition coefficient (Wildman–Crippen LogP) is 3.15. The van der Waals surface area contributed by atoms with Crippen LogP contribution in [0.5, 0.6) is 0 Å². The zero-order valence-electron chi connectivity index (χ0n) is 8.03. The van der Waals surface area contributed by atoms with Crippen LogP contribution in [0.2, 0.25) is 0 Å². The molecule has 0 bridgehead atoms. The highest BCUT2D eigenvalue weighted by Crippen LogP contribution is 2.27. The highest BCUT2D eigenvalue weighted by Gasteiger charge is 2.12. The van der Waals surface area contributed by atoms with Gasteiger partial charge in [0.1, 0.15) is 11.5 Å². The van der Waals surface area contributed by atoms with Gasteiger partial charge < -0.3 is 0 Å². The quantitative estimate of drug-likeness (QED) is 0.729. The van der Waals surface area contributed by atoms with Crippen molar-refractivity contribution in [1.29, 1.82) is 0 Å². The highest BCUT2D eigenvalue weighted by atomic mass is 32.1. The Morgan fingerprint density at radius 3 is 2.60 bits per heavy atom. The first-order valence-electron chi connectivity index (χ1n) is 4.39. The summed E-state index contributed by atoms with van der Waals surface area (Å²) in [7, 11) is 0. The Kier molecular flexibility index (Phi) is 2.60. The molecule has 1 aromatic heterocycles. The van der Waals surface area contributed by atoms with Crippen LogP contribution in [0.1, 0.15) is 17.4 Å². The SMILES string of the molecule is CC(=O)c1ncsc1-c1ccc(F)cc1. The van der Waals surface area contributed by atoms with Gasteiger partial charge in [-0.3, -0.25) is 4.79 Å². The lowest BCUT2D eigenvalue weighted by atomic mass is 10.1. The van der Waals surface area contributed by atoms with Crippen LogP contribution in [0.25, 0.3) is 10.4 Å². The third-order valence-corrected chi connectivity index (χ3v) is 2.88. The summed E-state index contributed by atoms with van der Waals surface area (Å²) in [5.74, 6) is -0.358. The van der Waals surface area contributed by atoms with Gasteiger partial charge in [-0.15, -0.1) is 11.3 Å². The van der Waals surface area contributed by atoms with E-state index in [4.69, 9.17) is 0 Å². The summed E-state index contributed by atoms with van der Waals surface area (Å²) in [4.78, 5) is 16.0. The molecular formula is C11H8FNOS. The summed E-state index contributed by atoms with van der Waals surface area (Å²) in [6, 6.07) is 6.04. The number of carbonyl (C=O) groups is 1. The zero-order chi connectivity index (χ0) is 10.8. The maximum atomic E-state index is 12.7. The Morgan fingerprint density at radius 2 is 2.00 bits per heavy atom. The number of ketones is 1. The van der Waals surface area contributed by atoms with E-state index in [0.717, 1.165) is 10.4 Å². The van der Waals surface area contributed by atoms with Gasteiger partial charge in [0, 0.05) is 6.92 Å². The van der Waals surface area contributed by atoms with E-state index in [9.17, 15) is 9.18 Å². The third kappa shape index (κ3) is 1.94. The van der Waals surface area contributed by atoms with Crippen molar-refractivity contribution in [3.63, 3.8) is 0 Å². The molecule has 0 unspecified atom stereocenters. The number of nitrogens with zero attached hydrogens (tertiary/aromatic N) is 1. The molecule has 1 heterocycles. The molecule has 0 atom stereocenters. The first-order valence-corrected chi connectivity index (χ1v) is 5.27. The van der Waals surface area contributed by atoms with Gasteiger partial charge in [-0.05, 0) is 17.7 Å². The predicted molar refractivity (Wildman–Crippen MR) is 57.5 cm³/mol. The zero-order valence-corrected chi connectivity index (χ0v) is 8.84. The molecule has 4 heteroatoms. The van der Waals surface area contributed by atoms with Gasteiger partial charge in [0.15, 0.2) is 5.78 Å². The van der Waals surface area contributed by atoms with Gasteiger partial charge in [0.2, 0.25) is 0 Å². The highest BCUT2D eigenvalue weighted by molar-refractivity contribution is 7.13. The van der Waals surface area contributed by atoms with Crippen molar-refractivity contribution < 1.29 is 9.18 Å². The lowest BCUT2D eigenvalue weighted by Crippen LogP contribution is -1.94. The van der Waals surface area contributed by atoms with Crippen LogP contribution >= 0.6 is 11.3 Å². The standard InChI is InChI=1S/C11H8FNOS/c1-7(14)10-11(15-6-13-10)8-2-4-9(12)5-3-8/h2-6H,1H3. The molecular weight excluding hydrogens is 213 g/mol. The van der Waals surface area contributed by atoms with Gasteiger partial charge in [-0.2, -0.15) is 0 Å². The molecule has 1 aromatic carbocycles. The van der Waals surface area contributed by atoms with Gasteiger partial charge >= 0.3 is 0 Å². The Bertz CT molecular complexity index is 490. The van der Waals surface area contributed by atoms with E-state index in [1.807, 2.05) is 0 Å². The Hall–Kier alpha value is -1.55. The molecule has 0 fully saturated rings. The number of benzene rings is 1. The number of halogens is 1. The monoisotopic (exact) mass is 221 g/mol. The van der Waals surface area contributed by atoms with Crippen LogP contribution in [0.3, 0.4) is 0 Å². The number of thiazole rings is 1. The molecule has 15 heavy (non-hydrogen) atoms. The molecule has 76 valence electrons. The molecule has 2 nitrogen and oxygen atoms in total. The van der Waals surface area contributed by atoms with Crippen LogP contribution < -0.4 is 0 Å². The van der Waals surface area contributed by atoms with Crippen LogP contribution in [-0.4, -0.2) is 10.8 Å². The van der Waals surface area contributed by atoms with E-state index in [1.54, 1.807) is 17.6 Å². The maximum Gasteiger partial charge on any atom is 0.179 e. The largest absolute Gasteiger partial charge is 0.293 e. The molecule has 0 saturated heterocycles. The van der Waals surface area contributed by atoms with Crippen molar-refractivity contribution in [2.75, 3.05) is 0 Å².